The van der Waals surface area contributed by atoms with Gasteiger partial charge in [-0.3, -0.25) is 4.79 Å². The zero-order valence-corrected chi connectivity index (χ0v) is 15.0. The third-order valence-electron chi connectivity index (χ3n) is 3.84. The fourth-order valence-electron chi connectivity index (χ4n) is 2.74. The highest BCUT2D eigenvalue weighted by atomic mass is 32.1. The lowest BCUT2D eigenvalue weighted by Crippen LogP contribution is -2.31. The highest BCUT2D eigenvalue weighted by Crippen LogP contribution is 2.22. The fourth-order valence-corrected chi connectivity index (χ4v) is 3.42. The number of aryl methyl sites for hydroxylation is 1. The third kappa shape index (κ3) is 3.53. The van der Waals surface area contributed by atoms with Crippen molar-refractivity contribution in [3.63, 3.8) is 0 Å². The molecule has 0 unspecified atom stereocenters. The number of amides is 1. The van der Waals surface area contributed by atoms with E-state index in [0.717, 1.165) is 16.7 Å². The predicted molar refractivity (Wildman–Crippen MR) is 102 cm³/mol. The molecule has 0 atom stereocenters. The van der Waals surface area contributed by atoms with Crippen molar-refractivity contribution < 1.29 is 4.79 Å². The van der Waals surface area contributed by atoms with Crippen molar-refractivity contribution in [1.82, 2.24) is 19.7 Å². The van der Waals surface area contributed by atoms with Crippen LogP contribution in [0.15, 0.2) is 55.1 Å². The first-order chi connectivity index (χ1) is 12.1. The first-order valence-electron chi connectivity index (χ1n) is 8.00. The molecule has 5 nitrogen and oxygen atoms in total. The van der Waals surface area contributed by atoms with Crippen LogP contribution in [0.25, 0.3) is 11.0 Å². The van der Waals surface area contributed by atoms with Crippen LogP contribution < -0.4 is 0 Å². The van der Waals surface area contributed by atoms with Gasteiger partial charge < -0.3 is 4.90 Å². The number of aromatic nitrogens is 3. The number of pyridine rings is 1. The molecule has 0 aliphatic heterocycles. The van der Waals surface area contributed by atoms with E-state index in [4.69, 9.17) is 0 Å². The summed E-state index contributed by atoms with van der Waals surface area (Å²) in [5.41, 5.74) is 2.14. The molecule has 0 fully saturated rings. The molecule has 3 aromatic rings. The SMILES string of the molecule is C=CCN(CC=C)C(=O)c1cc(C)nc2c1cnn2Cc1cccs1. The van der Waals surface area contributed by atoms with Crippen LogP contribution in [0, 0.1) is 6.92 Å². The van der Waals surface area contributed by atoms with Gasteiger partial charge >= 0.3 is 0 Å². The molecule has 0 aliphatic carbocycles. The Bertz CT molecular complexity index is 901. The zero-order valence-electron chi connectivity index (χ0n) is 14.2. The van der Waals surface area contributed by atoms with Gasteiger partial charge in [-0.25, -0.2) is 9.67 Å². The molecule has 0 aromatic carbocycles. The first-order valence-corrected chi connectivity index (χ1v) is 8.88. The molecule has 25 heavy (non-hydrogen) atoms. The molecule has 0 radical (unpaired) electrons. The Kier molecular flexibility index (Phi) is 5.09. The summed E-state index contributed by atoms with van der Waals surface area (Å²) in [6.45, 7) is 10.9. The normalized spacial score (nSPS) is 10.8. The number of hydrogen-bond acceptors (Lipinski definition) is 4. The Morgan fingerprint density at radius 3 is 2.76 bits per heavy atom. The van der Waals surface area contributed by atoms with Crippen molar-refractivity contribution in [2.24, 2.45) is 0 Å². The largest absolute Gasteiger partial charge is 0.331 e. The van der Waals surface area contributed by atoms with Gasteiger partial charge in [-0.2, -0.15) is 5.10 Å². The van der Waals surface area contributed by atoms with E-state index in [-0.39, 0.29) is 5.91 Å². The molecular formula is C19H20N4OS. The molecule has 0 bridgehead atoms. The Balaban J connectivity index is 2.03. The van der Waals surface area contributed by atoms with Gasteiger partial charge in [0.05, 0.1) is 23.7 Å². The van der Waals surface area contributed by atoms with E-state index < -0.39 is 0 Å². The van der Waals surface area contributed by atoms with Crippen LogP contribution in [0.4, 0.5) is 0 Å². The Hall–Kier alpha value is -2.73. The molecule has 3 rings (SSSR count). The third-order valence-corrected chi connectivity index (χ3v) is 4.70. The van der Waals surface area contributed by atoms with Gasteiger partial charge in [-0.15, -0.1) is 24.5 Å². The molecule has 128 valence electrons. The second-order valence-electron chi connectivity index (χ2n) is 5.72. The summed E-state index contributed by atoms with van der Waals surface area (Å²) >= 11 is 1.68. The molecule has 0 aliphatic rings. The Morgan fingerprint density at radius 1 is 1.36 bits per heavy atom. The average Bonchev–Trinajstić information content (AvgIpc) is 3.24. The second-order valence-corrected chi connectivity index (χ2v) is 6.75. The Labute approximate surface area is 150 Å². The van der Waals surface area contributed by atoms with Crippen LogP contribution in [0.3, 0.4) is 0 Å². The lowest BCUT2D eigenvalue weighted by atomic mass is 10.1. The zero-order chi connectivity index (χ0) is 17.8. The van der Waals surface area contributed by atoms with Crippen molar-refractivity contribution in [3.05, 3.63) is 71.2 Å². The lowest BCUT2D eigenvalue weighted by Gasteiger charge is -2.19. The van der Waals surface area contributed by atoms with Crippen LogP contribution in [0.5, 0.6) is 0 Å². The minimum absolute atomic E-state index is 0.0639. The molecule has 3 heterocycles. The van der Waals surface area contributed by atoms with Gasteiger partial charge in [-0.1, -0.05) is 18.2 Å². The van der Waals surface area contributed by atoms with Gasteiger partial charge in [0.2, 0.25) is 0 Å². The minimum atomic E-state index is -0.0639. The van der Waals surface area contributed by atoms with Gasteiger partial charge in [0.1, 0.15) is 0 Å². The van der Waals surface area contributed by atoms with Crippen molar-refractivity contribution in [1.29, 1.82) is 0 Å². The van der Waals surface area contributed by atoms with E-state index in [2.05, 4.69) is 29.3 Å². The number of fused-ring (bicyclic) bond motifs is 1. The minimum Gasteiger partial charge on any atom is -0.331 e. The predicted octanol–water partition coefficient (Wildman–Crippen LogP) is 3.66. The molecule has 0 saturated heterocycles. The summed E-state index contributed by atoms with van der Waals surface area (Å²) < 4.78 is 1.84. The molecule has 0 N–H and O–H groups in total. The van der Waals surface area contributed by atoms with E-state index in [1.165, 1.54) is 4.88 Å². The summed E-state index contributed by atoms with van der Waals surface area (Å²) in [7, 11) is 0. The summed E-state index contributed by atoms with van der Waals surface area (Å²) in [6, 6.07) is 5.90. The van der Waals surface area contributed by atoms with Crippen LogP contribution >= 0.6 is 11.3 Å². The van der Waals surface area contributed by atoms with Crippen molar-refractivity contribution in [2.45, 2.75) is 13.5 Å². The lowest BCUT2D eigenvalue weighted by molar-refractivity contribution is 0.0792. The maximum atomic E-state index is 13.0. The van der Waals surface area contributed by atoms with Gasteiger partial charge in [-0.05, 0) is 24.4 Å². The van der Waals surface area contributed by atoms with Crippen molar-refractivity contribution in [2.75, 3.05) is 13.1 Å². The molecule has 1 amide bonds. The first kappa shape index (κ1) is 17.1. The number of carbonyl (C=O) groups excluding carboxylic acids is 1. The maximum absolute atomic E-state index is 13.0. The van der Waals surface area contributed by atoms with Crippen molar-refractivity contribution in [3.8, 4) is 0 Å². The van der Waals surface area contributed by atoms with E-state index in [1.54, 1.807) is 34.6 Å². The van der Waals surface area contributed by atoms with E-state index in [0.29, 0.717) is 25.2 Å². The summed E-state index contributed by atoms with van der Waals surface area (Å²) in [5, 5.41) is 7.26. The number of thiophene rings is 1. The van der Waals surface area contributed by atoms with Crippen LogP contribution in [-0.2, 0) is 6.54 Å². The monoisotopic (exact) mass is 352 g/mol. The van der Waals surface area contributed by atoms with Gasteiger partial charge in [0.25, 0.3) is 5.91 Å². The highest BCUT2D eigenvalue weighted by Gasteiger charge is 2.20. The molecule has 3 aromatic heterocycles. The summed E-state index contributed by atoms with van der Waals surface area (Å²) in [4.78, 5) is 20.5. The number of rotatable bonds is 7. The average molecular weight is 352 g/mol. The number of carbonyl (C=O) groups is 1. The maximum Gasteiger partial charge on any atom is 0.255 e. The number of hydrogen-bond donors (Lipinski definition) is 0. The van der Waals surface area contributed by atoms with Crippen LogP contribution in [-0.4, -0.2) is 38.7 Å². The topological polar surface area (TPSA) is 51.0 Å². The molecule has 0 spiro atoms. The fraction of sp³-hybridized carbons (Fsp3) is 0.211. The summed E-state index contributed by atoms with van der Waals surface area (Å²) in [5.74, 6) is -0.0639. The van der Waals surface area contributed by atoms with Gasteiger partial charge in [0, 0.05) is 23.7 Å². The summed E-state index contributed by atoms with van der Waals surface area (Å²) in [6.07, 6.45) is 5.16. The van der Waals surface area contributed by atoms with E-state index in [1.807, 2.05) is 29.1 Å². The standard InChI is InChI=1S/C19H20N4OS/c1-4-8-22(9-5-2)19(24)16-11-14(3)21-18-17(16)12-20-23(18)13-15-7-6-10-25-15/h4-7,10-12H,1-2,8-9,13H2,3H3. The van der Waals surface area contributed by atoms with E-state index in [9.17, 15) is 4.79 Å². The Morgan fingerprint density at radius 2 is 2.12 bits per heavy atom. The quantitative estimate of drug-likeness (QED) is 0.610. The number of nitrogens with zero attached hydrogens (tertiary/aromatic N) is 4. The van der Waals surface area contributed by atoms with Crippen LogP contribution in [0.2, 0.25) is 0 Å². The molecular weight excluding hydrogens is 332 g/mol. The molecule has 0 saturated carbocycles. The highest BCUT2D eigenvalue weighted by molar-refractivity contribution is 7.09. The molecule has 6 heteroatoms. The van der Waals surface area contributed by atoms with Crippen molar-refractivity contribution >= 4 is 28.3 Å². The van der Waals surface area contributed by atoms with E-state index >= 15 is 0 Å². The smallest absolute Gasteiger partial charge is 0.255 e. The van der Waals surface area contributed by atoms with Gasteiger partial charge in [0.15, 0.2) is 5.65 Å². The van der Waals surface area contributed by atoms with Crippen LogP contribution in [0.1, 0.15) is 20.9 Å². The second kappa shape index (κ2) is 7.44.